The van der Waals surface area contributed by atoms with Gasteiger partial charge >= 0.3 is 0 Å². The Bertz CT molecular complexity index is 875. The highest BCUT2D eigenvalue weighted by atomic mass is 32.2. The first-order valence-electron chi connectivity index (χ1n) is 10.2. The summed E-state index contributed by atoms with van der Waals surface area (Å²) in [5.41, 5.74) is 3.38. The van der Waals surface area contributed by atoms with Gasteiger partial charge < -0.3 is 0 Å². The molecule has 1 aliphatic rings. The number of hydrogen-bond acceptors (Lipinski definition) is 3. The van der Waals surface area contributed by atoms with Crippen molar-refractivity contribution in [1.29, 1.82) is 0 Å². The fourth-order valence-corrected chi connectivity index (χ4v) is 5.34. The van der Waals surface area contributed by atoms with Crippen molar-refractivity contribution in [2.75, 3.05) is 5.75 Å². The average molecular weight is 399 g/mol. The lowest BCUT2D eigenvalue weighted by molar-refractivity contribution is -0.123. The van der Waals surface area contributed by atoms with Crippen molar-refractivity contribution in [2.45, 2.75) is 51.2 Å². The van der Waals surface area contributed by atoms with Crippen LogP contribution in [0.3, 0.4) is 0 Å². The summed E-state index contributed by atoms with van der Waals surface area (Å²) in [5, 5.41) is -0.314. The van der Waals surface area contributed by atoms with Crippen LogP contribution in [-0.4, -0.2) is 25.2 Å². The van der Waals surface area contributed by atoms with Crippen molar-refractivity contribution in [3.63, 3.8) is 0 Å². The lowest BCUT2D eigenvalue weighted by Crippen LogP contribution is -2.29. The first-order chi connectivity index (χ1) is 13.3. The van der Waals surface area contributed by atoms with Gasteiger partial charge in [0.15, 0.2) is 9.84 Å². The number of rotatable bonds is 7. The predicted octanol–water partition coefficient (Wildman–Crippen LogP) is 5.09. The summed E-state index contributed by atoms with van der Waals surface area (Å²) >= 11 is 0. The van der Waals surface area contributed by atoms with Gasteiger partial charge in [0.25, 0.3) is 0 Å². The Hall–Kier alpha value is -1.94. The van der Waals surface area contributed by atoms with E-state index in [9.17, 15) is 13.2 Å². The van der Waals surface area contributed by atoms with Gasteiger partial charge in [0, 0.05) is 12.3 Å². The minimum Gasteiger partial charge on any atom is -0.299 e. The van der Waals surface area contributed by atoms with Crippen LogP contribution in [0.1, 0.15) is 45.1 Å². The smallest absolute Gasteiger partial charge is 0.152 e. The van der Waals surface area contributed by atoms with E-state index in [4.69, 9.17) is 0 Å². The minimum absolute atomic E-state index is 0.0757. The lowest BCUT2D eigenvalue weighted by Gasteiger charge is -2.28. The molecule has 0 saturated heterocycles. The molecule has 1 fully saturated rings. The van der Waals surface area contributed by atoms with E-state index in [-0.39, 0.29) is 28.6 Å². The maximum absolute atomic E-state index is 12.7. The summed E-state index contributed by atoms with van der Waals surface area (Å²) in [6.07, 6.45) is 3.79. The zero-order valence-corrected chi connectivity index (χ0v) is 17.6. The summed E-state index contributed by atoms with van der Waals surface area (Å²) in [6.45, 7) is 3.49. The number of carbonyl (C=O) groups is 1. The number of hydrogen-bond donors (Lipinski definition) is 0. The Balaban J connectivity index is 1.52. The molecule has 0 amide bonds. The third-order valence-corrected chi connectivity index (χ3v) is 8.30. The summed E-state index contributed by atoms with van der Waals surface area (Å²) in [6, 6.07) is 18.4. The molecule has 0 spiro atoms. The highest BCUT2D eigenvalue weighted by Gasteiger charge is 2.29. The molecule has 0 atom stereocenters. The third-order valence-electron chi connectivity index (χ3n) is 5.93. The highest BCUT2D eigenvalue weighted by molar-refractivity contribution is 7.91. The zero-order valence-electron chi connectivity index (χ0n) is 16.8. The Labute approximate surface area is 169 Å². The average Bonchev–Trinajstić information content (AvgIpc) is 2.69. The third kappa shape index (κ3) is 5.32. The SMILES string of the molecule is CC(C)S(=O)(=O)CC1CCC(C(=O)Cc2ccc(-c3ccccc3)cc2)CC1. The van der Waals surface area contributed by atoms with Gasteiger partial charge in [-0.15, -0.1) is 0 Å². The monoisotopic (exact) mass is 398 g/mol. The van der Waals surface area contributed by atoms with Gasteiger partial charge in [-0.05, 0) is 62.1 Å². The Morgan fingerprint density at radius 1 is 0.893 bits per heavy atom. The van der Waals surface area contributed by atoms with Crippen LogP contribution in [0.25, 0.3) is 11.1 Å². The van der Waals surface area contributed by atoms with Crippen LogP contribution in [-0.2, 0) is 21.1 Å². The summed E-state index contributed by atoms with van der Waals surface area (Å²) in [4.78, 5) is 12.7. The van der Waals surface area contributed by atoms with Crippen molar-refractivity contribution in [1.82, 2.24) is 0 Å². The number of ketones is 1. The number of benzene rings is 2. The molecule has 0 bridgehead atoms. The van der Waals surface area contributed by atoms with Crippen LogP contribution in [0.5, 0.6) is 0 Å². The van der Waals surface area contributed by atoms with Crippen LogP contribution in [0.15, 0.2) is 54.6 Å². The Kier molecular flexibility index (Phi) is 6.71. The van der Waals surface area contributed by atoms with E-state index in [1.165, 1.54) is 5.56 Å². The number of carbonyl (C=O) groups excluding carboxylic acids is 1. The van der Waals surface area contributed by atoms with E-state index in [0.717, 1.165) is 36.8 Å². The van der Waals surface area contributed by atoms with Gasteiger partial charge in [0.1, 0.15) is 5.78 Å². The standard InChI is InChI=1S/C24H30O3S/c1-18(2)28(26,27)17-20-10-14-23(15-11-20)24(25)16-19-8-12-22(13-9-19)21-6-4-3-5-7-21/h3-9,12-13,18,20,23H,10-11,14-17H2,1-2H3. The highest BCUT2D eigenvalue weighted by Crippen LogP contribution is 2.31. The van der Waals surface area contributed by atoms with E-state index in [1.807, 2.05) is 30.3 Å². The predicted molar refractivity (Wildman–Crippen MR) is 115 cm³/mol. The van der Waals surface area contributed by atoms with Crippen LogP contribution in [0.2, 0.25) is 0 Å². The van der Waals surface area contributed by atoms with Crippen molar-refractivity contribution < 1.29 is 13.2 Å². The maximum Gasteiger partial charge on any atom is 0.152 e. The van der Waals surface area contributed by atoms with Crippen molar-refractivity contribution in [3.05, 3.63) is 60.2 Å². The molecule has 0 aliphatic heterocycles. The van der Waals surface area contributed by atoms with E-state index in [1.54, 1.807) is 13.8 Å². The topological polar surface area (TPSA) is 51.2 Å². The molecule has 3 rings (SSSR count). The molecule has 0 radical (unpaired) electrons. The second-order valence-corrected chi connectivity index (χ2v) is 10.9. The van der Waals surface area contributed by atoms with Gasteiger partial charge in [0.2, 0.25) is 0 Å². The molecule has 0 aromatic heterocycles. The van der Waals surface area contributed by atoms with Crippen LogP contribution >= 0.6 is 0 Å². The van der Waals surface area contributed by atoms with Crippen molar-refractivity contribution >= 4 is 15.6 Å². The summed E-state index contributed by atoms with van der Waals surface area (Å²) in [7, 11) is -3.00. The molecule has 1 saturated carbocycles. The Morgan fingerprint density at radius 2 is 1.46 bits per heavy atom. The van der Waals surface area contributed by atoms with E-state index < -0.39 is 9.84 Å². The van der Waals surface area contributed by atoms with Gasteiger partial charge in [-0.25, -0.2) is 8.42 Å². The quantitative estimate of drug-likeness (QED) is 0.652. The van der Waals surface area contributed by atoms with E-state index >= 15 is 0 Å². The molecule has 0 heterocycles. The van der Waals surface area contributed by atoms with Gasteiger partial charge in [-0.2, -0.15) is 0 Å². The van der Waals surface area contributed by atoms with Gasteiger partial charge in [-0.3, -0.25) is 4.79 Å². The van der Waals surface area contributed by atoms with Crippen LogP contribution in [0, 0.1) is 11.8 Å². The largest absolute Gasteiger partial charge is 0.299 e. The molecule has 1 aliphatic carbocycles. The molecule has 4 heteroatoms. The maximum atomic E-state index is 12.7. The zero-order chi connectivity index (χ0) is 20.1. The molecule has 0 unspecified atom stereocenters. The fourth-order valence-electron chi connectivity index (χ4n) is 3.96. The summed E-state index contributed by atoms with van der Waals surface area (Å²) < 4.78 is 24.2. The van der Waals surface area contributed by atoms with Gasteiger partial charge in [-0.1, -0.05) is 54.6 Å². The molecule has 2 aromatic rings. The van der Waals surface area contributed by atoms with Crippen LogP contribution in [0.4, 0.5) is 0 Å². The fraction of sp³-hybridized carbons (Fsp3) is 0.458. The van der Waals surface area contributed by atoms with Crippen molar-refractivity contribution in [3.8, 4) is 11.1 Å². The second kappa shape index (κ2) is 9.04. The molecular formula is C24H30O3S. The first-order valence-corrected chi connectivity index (χ1v) is 12.0. The molecular weight excluding hydrogens is 368 g/mol. The summed E-state index contributed by atoms with van der Waals surface area (Å²) in [5.74, 6) is 0.845. The number of sulfone groups is 1. The molecule has 150 valence electrons. The minimum atomic E-state index is -3.00. The van der Waals surface area contributed by atoms with E-state index in [2.05, 4.69) is 24.3 Å². The molecule has 28 heavy (non-hydrogen) atoms. The second-order valence-electron chi connectivity index (χ2n) is 8.30. The molecule has 0 N–H and O–H groups in total. The molecule has 3 nitrogen and oxygen atoms in total. The van der Waals surface area contributed by atoms with Crippen molar-refractivity contribution in [2.24, 2.45) is 11.8 Å². The van der Waals surface area contributed by atoms with E-state index in [0.29, 0.717) is 6.42 Å². The first kappa shape index (κ1) is 20.8. The molecule has 2 aromatic carbocycles. The van der Waals surface area contributed by atoms with Crippen LogP contribution < -0.4 is 0 Å². The number of Topliss-reactive ketones (excluding diaryl/α,β-unsaturated/α-hetero) is 1. The lowest BCUT2D eigenvalue weighted by atomic mass is 9.79. The Morgan fingerprint density at radius 3 is 2.04 bits per heavy atom. The normalized spacial score (nSPS) is 20.2. The van der Waals surface area contributed by atoms with Gasteiger partial charge in [0.05, 0.1) is 11.0 Å².